The fourth-order valence-electron chi connectivity index (χ4n) is 2.09. The van der Waals surface area contributed by atoms with Crippen molar-refractivity contribution in [1.29, 1.82) is 0 Å². The van der Waals surface area contributed by atoms with Crippen molar-refractivity contribution in [2.24, 2.45) is 4.99 Å². The first-order chi connectivity index (χ1) is 12.6. The summed E-state index contributed by atoms with van der Waals surface area (Å²) in [6, 6.07) is 0. The Bertz CT molecular complexity index is 561. The van der Waals surface area contributed by atoms with Gasteiger partial charge < -0.3 is 4.90 Å². The van der Waals surface area contributed by atoms with Crippen molar-refractivity contribution in [3.05, 3.63) is 72.0 Å². The number of likely N-dealkylation sites (N-methyl/N-ethyl adjacent to an activating group) is 1. The highest BCUT2D eigenvalue weighted by atomic mass is 35.5. The molecule has 0 saturated heterocycles. The van der Waals surface area contributed by atoms with Gasteiger partial charge in [-0.15, -0.1) is 11.6 Å². The lowest BCUT2D eigenvalue weighted by atomic mass is 10.0. The number of aliphatic imine (C=N–C) groups is 1. The van der Waals surface area contributed by atoms with Crippen molar-refractivity contribution in [2.45, 2.75) is 48.0 Å². The second-order valence-electron chi connectivity index (χ2n) is 5.04. The molecule has 3 heteroatoms. The van der Waals surface area contributed by atoms with Crippen molar-refractivity contribution in [3.8, 4) is 0 Å². The van der Waals surface area contributed by atoms with Crippen LogP contribution in [-0.2, 0) is 0 Å². The van der Waals surface area contributed by atoms with Crippen LogP contribution in [0, 0.1) is 0 Å². The second kappa shape index (κ2) is 18.0. The minimum absolute atomic E-state index is 0.561. The van der Waals surface area contributed by atoms with Gasteiger partial charge in [-0.1, -0.05) is 82.9 Å². The third-order valence-corrected chi connectivity index (χ3v) is 3.71. The molecule has 0 spiro atoms. The van der Waals surface area contributed by atoms with Gasteiger partial charge in [-0.05, 0) is 25.0 Å². The Balaban J connectivity index is 0. The lowest BCUT2D eigenvalue weighted by Crippen LogP contribution is -2.30. The third kappa shape index (κ3) is 10.2. The maximum absolute atomic E-state index is 5.95. The maximum Gasteiger partial charge on any atom is 0.101 e. The first kappa shape index (κ1) is 26.4. The van der Waals surface area contributed by atoms with E-state index in [1.807, 2.05) is 65.8 Å². The fourth-order valence-corrected chi connectivity index (χ4v) is 2.34. The molecular weight excluding hydrogens is 340 g/mol. The Kier molecular flexibility index (Phi) is 18.3. The average molecular weight is 377 g/mol. The van der Waals surface area contributed by atoms with Gasteiger partial charge in [-0.3, -0.25) is 0 Å². The molecular formula is C23H37ClN2. The van der Waals surface area contributed by atoms with E-state index in [0.717, 1.165) is 18.8 Å². The van der Waals surface area contributed by atoms with Crippen LogP contribution in [0.25, 0.3) is 0 Å². The van der Waals surface area contributed by atoms with E-state index >= 15 is 0 Å². The molecule has 0 fully saturated rings. The number of alkyl halides is 1. The second-order valence-corrected chi connectivity index (χ2v) is 5.31. The van der Waals surface area contributed by atoms with E-state index in [-0.39, 0.29) is 0 Å². The van der Waals surface area contributed by atoms with Crippen molar-refractivity contribution in [1.82, 2.24) is 4.90 Å². The number of amidine groups is 1. The first-order valence-electron chi connectivity index (χ1n) is 9.44. The van der Waals surface area contributed by atoms with Crippen LogP contribution in [0.2, 0.25) is 0 Å². The molecule has 0 radical (unpaired) electrons. The van der Waals surface area contributed by atoms with E-state index in [1.54, 1.807) is 6.08 Å². The van der Waals surface area contributed by atoms with Crippen LogP contribution >= 0.6 is 11.6 Å². The fraction of sp³-hybridized carbons (Fsp3) is 0.435. The molecule has 0 unspecified atom stereocenters. The summed E-state index contributed by atoms with van der Waals surface area (Å²) in [5.41, 5.74) is 3.66. The summed E-state index contributed by atoms with van der Waals surface area (Å²) in [6.07, 6.45) is 16.7. The highest BCUT2D eigenvalue weighted by molar-refractivity contribution is 6.19. The molecule has 0 N–H and O–H groups in total. The summed E-state index contributed by atoms with van der Waals surface area (Å²) < 4.78 is 0. The van der Waals surface area contributed by atoms with Crippen molar-refractivity contribution < 1.29 is 0 Å². The van der Waals surface area contributed by atoms with E-state index in [2.05, 4.69) is 41.7 Å². The van der Waals surface area contributed by atoms with Crippen molar-refractivity contribution >= 4 is 17.4 Å². The van der Waals surface area contributed by atoms with E-state index in [9.17, 15) is 0 Å². The van der Waals surface area contributed by atoms with Gasteiger partial charge in [0, 0.05) is 25.9 Å². The molecule has 146 valence electrons. The maximum atomic E-state index is 5.95. The van der Waals surface area contributed by atoms with Crippen LogP contribution in [-0.4, -0.2) is 30.2 Å². The summed E-state index contributed by atoms with van der Waals surface area (Å²) in [5.74, 6) is 1.64. The van der Waals surface area contributed by atoms with Crippen LogP contribution in [0.1, 0.15) is 48.0 Å². The van der Waals surface area contributed by atoms with E-state index < -0.39 is 0 Å². The van der Waals surface area contributed by atoms with Crippen molar-refractivity contribution in [2.75, 3.05) is 19.5 Å². The Morgan fingerprint density at radius 2 is 1.85 bits per heavy atom. The van der Waals surface area contributed by atoms with Gasteiger partial charge in [0.15, 0.2) is 0 Å². The van der Waals surface area contributed by atoms with Crippen LogP contribution in [0.5, 0.6) is 0 Å². The quantitative estimate of drug-likeness (QED) is 0.379. The van der Waals surface area contributed by atoms with Crippen LogP contribution in [0.15, 0.2) is 77.0 Å². The Morgan fingerprint density at radius 1 is 1.19 bits per heavy atom. The van der Waals surface area contributed by atoms with E-state index in [0.29, 0.717) is 5.88 Å². The molecule has 0 aromatic carbocycles. The summed E-state index contributed by atoms with van der Waals surface area (Å²) in [7, 11) is 2.06. The zero-order valence-electron chi connectivity index (χ0n) is 17.7. The van der Waals surface area contributed by atoms with Gasteiger partial charge >= 0.3 is 0 Å². The van der Waals surface area contributed by atoms with Crippen molar-refractivity contribution in [3.63, 3.8) is 0 Å². The first-order valence-corrected chi connectivity index (χ1v) is 9.98. The van der Waals surface area contributed by atoms with Gasteiger partial charge in [-0.2, -0.15) is 0 Å². The lowest BCUT2D eigenvalue weighted by Gasteiger charge is -2.27. The Hall–Kier alpha value is -1.80. The molecule has 0 aromatic heterocycles. The molecule has 1 heterocycles. The smallest absolute Gasteiger partial charge is 0.101 e. The standard InChI is InChI=1S/C12H15ClN2.C7H10.2C2H6/c1-9-14-12-6-4-3-5-10(7-13)11(12)8-15(9)2;1-3-5-7-6-4-2;2*1-2/h3-5H,6-8H2,1-2H3;3-7H,1H2,2H3;2*1-2H3/b;6-4-,7-5-;;. The molecule has 2 rings (SSSR count). The summed E-state index contributed by atoms with van der Waals surface area (Å²) in [6.45, 7) is 16.5. The molecule has 0 bridgehead atoms. The highest BCUT2D eigenvalue weighted by Crippen LogP contribution is 2.27. The molecule has 0 saturated carbocycles. The number of halogens is 1. The predicted octanol–water partition coefficient (Wildman–Crippen LogP) is 7.09. The average Bonchev–Trinajstić information content (AvgIpc) is 2.88. The number of allylic oxidation sites excluding steroid dienone is 8. The van der Waals surface area contributed by atoms with E-state index in [4.69, 9.17) is 11.6 Å². The monoisotopic (exact) mass is 376 g/mol. The number of hydrogen-bond acceptors (Lipinski definition) is 2. The molecule has 2 nitrogen and oxygen atoms in total. The summed E-state index contributed by atoms with van der Waals surface area (Å²) >= 11 is 5.95. The summed E-state index contributed by atoms with van der Waals surface area (Å²) in [5, 5.41) is 0. The number of hydrogen-bond donors (Lipinski definition) is 0. The van der Waals surface area contributed by atoms with Gasteiger partial charge in [0.2, 0.25) is 0 Å². The molecule has 0 atom stereocenters. The molecule has 2 aliphatic rings. The highest BCUT2D eigenvalue weighted by Gasteiger charge is 2.19. The minimum atomic E-state index is 0.561. The van der Waals surface area contributed by atoms with Gasteiger partial charge in [0.25, 0.3) is 0 Å². The normalized spacial score (nSPS) is 15.5. The molecule has 0 amide bonds. The zero-order valence-corrected chi connectivity index (χ0v) is 18.5. The third-order valence-electron chi connectivity index (χ3n) is 3.42. The minimum Gasteiger partial charge on any atom is -0.359 e. The molecule has 1 aliphatic carbocycles. The number of rotatable bonds is 3. The topological polar surface area (TPSA) is 15.6 Å². The van der Waals surface area contributed by atoms with Crippen LogP contribution in [0.4, 0.5) is 0 Å². The Morgan fingerprint density at radius 3 is 2.38 bits per heavy atom. The van der Waals surface area contributed by atoms with Crippen LogP contribution < -0.4 is 0 Å². The van der Waals surface area contributed by atoms with Crippen LogP contribution in [0.3, 0.4) is 0 Å². The van der Waals surface area contributed by atoms with Gasteiger partial charge in [0.1, 0.15) is 5.84 Å². The summed E-state index contributed by atoms with van der Waals surface area (Å²) in [4.78, 5) is 6.77. The lowest BCUT2D eigenvalue weighted by molar-refractivity contribution is 0.533. The van der Waals surface area contributed by atoms with Gasteiger partial charge in [-0.25, -0.2) is 4.99 Å². The Labute approximate surface area is 167 Å². The molecule has 1 aliphatic heterocycles. The largest absolute Gasteiger partial charge is 0.359 e. The molecule has 26 heavy (non-hydrogen) atoms. The SMILES string of the molecule is C=C/C=C\C=C/C.CC.CC.CC1=NC2=C(CN1C)C(CCl)=CC=CC2. The zero-order chi connectivity index (χ0) is 20.4. The van der Waals surface area contributed by atoms with Gasteiger partial charge in [0.05, 0.1) is 5.70 Å². The van der Waals surface area contributed by atoms with E-state index in [1.165, 1.54) is 16.8 Å². The molecule has 0 aromatic rings. The predicted molar refractivity (Wildman–Crippen MR) is 122 cm³/mol. The number of nitrogens with zero attached hydrogens (tertiary/aromatic N) is 2.